The van der Waals surface area contributed by atoms with Gasteiger partial charge in [-0.15, -0.1) is 0 Å². The zero-order valence-electron chi connectivity index (χ0n) is 12.4. The molecule has 106 valence electrons. The van der Waals surface area contributed by atoms with Gasteiger partial charge < -0.3 is 10.1 Å². The molecule has 0 bridgehead atoms. The Morgan fingerprint density at radius 1 is 1.26 bits per heavy atom. The zero-order valence-corrected chi connectivity index (χ0v) is 12.4. The molecule has 1 rings (SSSR count). The van der Waals surface area contributed by atoms with Gasteiger partial charge in [0.25, 0.3) is 5.91 Å². The van der Waals surface area contributed by atoms with Crippen LogP contribution in [0.5, 0.6) is 5.75 Å². The lowest BCUT2D eigenvalue weighted by Crippen LogP contribution is -2.37. The van der Waals surface area contributed by atoms with Gasteiger partial charge in [0.1, 0.15) is 5.75 Å². The predicted octanol–water partition coefficient (Wildman–Crippen LogP) is 3.18. The lowest BCUT2D eigenvalue weighted by molar-refractivity contribution is -0.127. The van der Waals surface area contributed by atoms with Crippen molar-refractivity contribution in [1.82, 2.24) is 5.32 Å². The van der Waals surface area contributed by atoms with Crippen LogP contribution in [0.3, 0.4) is 0 Å². The number of hydrogen-bond donors (Lipinski definition) is 1. The fraction of sp³-hybridized carbons (Fsp3) is 0.562. The Bertz CT molecular complexity index is 401. The molecule has 0 radical (unpaired) electrons. The van der Waals surface area contributed by atoms with Crippen molar-refractivity contribution < 1.29 is 9.53 Å². The minimum absolute atomic E-state index is 0.0495. The normalized spacial score (nSPS) is 12.3. The molecular weight excluding hydrogens is 238 g/mol. The van der Waals surface area contributed by atoms with E-state index in [-0.39, 0.29) is 5.91 Å². The van der Waals surface area contributed by atoms with Gasteiger partial charge in [-0.25, -0.2) is 0 Å². The average molecular weight is 263 g/mol. The summed E-state index contributed by atoms with van der Waals surface area (Å²) in [5.41, 5.74) is 1.13. The highest BCUT2D eigenvalue weighted by atomic mass is 16.5. The van der Waals surface area contributed by atoms with E-state index in [0.717, 1.165) is 24.2 Å². The average Bonchev–Trinajstić information content (AvgIpc) is 2.38. The molecular formula is C16H25NO2. The van der Waals surface area contributed by atoms with E-state index in [2.05, 4.69) is 26.1 Å². The molecule has 1 N–H and O–H groups in total. The Hall–Kier alpha value is -1.51. The Balaban J connectivity index is 2.49. The molecule has 1 unspecified atom stereocenters. The van der Waals surface area contributed by atoms with Crippen LogP contribution in [0.15, 0.2) is 24.3 Å². The highest BCUT2D eigenvalue weighted by molar-refractivity contribution is 5.80. The van der Waals surface area contributed by atoms with E-state index in [0.29, 0.717) is 12.5 Å². The third-order valence-corrected chi connectivity index (χ3v) is 3.05. The van der Waals surface area contributed by atoms with Crippen molar-refractivity contribution in [3.05, 3.63) is 29.8 Å². The first-order chi connectivity index (χ1) is 9.04. The van der Waals surface area contributed by atoms with E-state index in [1.807, 2.05) is 24.3 Å². The van der Waals surface area contributed by atoms with Crippen LogP contribution in [0.2, 0.25) is 0 Å². The minimum Gasteiger partial charge on any atom is -0.481 e. The van der Waals surface area contributed by atoms with E-state index < -0.39 is 6.10 Å². The highest BCUT2D eigenvalue weighted by Crippen LogP contribution is 2.19. The molecule has 1 aromatic rings. The molecule has 0 aromatic heterocycles. The van der Waals surface area contributed by atoms with Gasteiger partial charge in [0.2, 0.25) is 0 Å². The van der Waals surface area contributed by atoms with E-state index in [4.69, 9.17) is 4.74 Å². The van der Waals surface area contributed by atoms with Crippen LogP contribution in [-0.2, 0) is 11.2 Å². The van der Waals surface area contributed by atoms with Crippen molar-refractivity contribution in [2.24, 2.45) is 5.92 Å². The number of aryl methyl sites for hydroxylation is 1. The summed E-state index contributed by atoms with van der Waals surface area (Å²) >= 11 is 0. The first-order valence-electron chi connectivity index (χ1n) is 7.06. The quantitative estimate of drug-likeness (QED) is 0.820. The topological polar surface area (TPSA) is 38.3 Å². The van der Waals surface area contributed by atoms with Gasteiger partial charge in [0.15, 0.2) is 6.10 Å². The van der Waals surface area contributed by atoms with Crippen LogP contribution in [0.25, 0.3) is 0 Å². The first-order valence-corrected chi connectivity index (χ1v) is 7.06. The second kappa shape index (κ2) is 7.82. The van der Waals surface area contributed by atoms with Gasteiger partial charge in [-0.1, -0.05) is 39.0 Å². The molecule has 0 spiro atoms. The molecule has 0 aliphatic heterocycles. The van der Waals surface area contributed by atoms with Crippen LogP contribution < -0.4 is 10.1 Å². The number of benzene rings is 1. The second-order valence-electron chi connectivity index (χ2n) is 5.19. The zero-order chi connectivity index (χ0) is 14.3. The molecule has 3 heteroatoms. The fourth-order valence-corrected chi connectivity index (χ4v) is 1.78. The summed E-state index contributed by atoms with van der Waals surface area (Å²) in [5.74, 6) is 1.35. The third-order valence-electron chi connectivity index (χ3n) is 3.05. The maximum Gasteiger partial charge on any atom is 0.260 e. The standard InChI is InChI=1S/C16H25NO2/c1-5-14-8-6-7-9-15(14)19-13(4)16(18)17-11-10-12(2)3/h6-9,12-13H,5,10-11H2,1-4H3,(H,17,18). The van der Waals surface area contributed by atoms with Crippen molar-refractivity contribution in [2.45, 2.75) is 46.6 Å². The van der Waals surface area contributed by atoms with Crippen LogP contribution in [0.1, 0.15) is 39.7 Å². The number of para-hydroxylation sites is 1. The number of rotatable bonds is 7. The summed E-state index contributed by atoms with van der Waals surface area (Å²) in [6.45, 7) is 8.86. The molecule has 0 heterocycles. The van der Waals surface area contributed by atoms with Crippen molar-refractivity contribution in [2.75, 3.05) is 6.54 Å². The molecule has 0 aliphatic rings. The van der Waals surface area contributed by atoms with E-state index in [1.54, 1.807) is 6.92 Å². The predicted molar refractivity (Wildman–Crippen MR) is 78.4 cm³/mol. The third kappa shape index (κ3) is 5.33. The summed E-state index contributed by atoms with van der Waals surface area (Å²) in [4.78, 5) is 11.9. The number of ether oxygens (including phenoxy) is 1. The minimum atomic E-state index is -0.458. The van der Waals surface area contributed by atoms with E-state index >= 15 is 0 Å². The number of carbonyl (C=O) groups is 1. The highest BCUT2D eigenvalue weighted by Gasteiger charge is 2.15. The van der Waals surface area contributed by atoms with Gasteiger partial charge in [0.05, 0.1) is 0 Å². The summed E-state index contributed by atoms with van der Waals surface area (Å²) in [6, 6.07) is 7.85. The molecule has 19 heavy (non-hydrogen) atoms. The van der Waals surface area contributed by atoms with Gasteiger partial charge in [-0.2, -0.15) is 0 Å². The summed E-state index contributed by atoms with van der Waals surface area (Å²) < 4.78 is 5.74. The van der Waals surface area contributed by atoms with Crippen LogP contribution in [0.4, 0.5) is 0 Å². The second-order valence-corrected chi connectivity index (χ2v) is 5.19. The molecule has 0 saturated heterocycles. The van der Waals surface area contributed by atoms with Gasteiger partial charge >= 0.3 is 0 Å². The van der Waals surface area contributed by atoms with Crippen LogP contribution in [-0.4, -0.2) is 18.6 Å². The first kappa shape index (κ1) is 15.5. The number of hydrogen-bond acceptors (Lipinski definition) is 2. The van der Waals surface area contributed by atoms with Gasteiger partial charge in [-0.05, 0) is 37.3 Å². The molecule has 0 fully saturated rings. The smallest absolute Gasteiger partial charge is 0.260 e. The van der Waals surface area contributed by atoms with Crippen LogP contribution >= 0.6 is 0 Å². The van der Waals surface area contributed by atoms with Crippen molar-refractivity contribution in [1.29, 1.82) is 0 Å². The Morgan fingerprint density at radius 3 is 2.58 bits per heavy atom. The largest absolute Gasteiger partial charge is 0.481 e. The summed E-state index contributed by atoms with van der Waals surface area (Å²) in [6.07, 6.45) is 1.43. The van der Waals surface area contributed by atoms with Crippen LogP contribution in [0, 0.1) is 5.92 Å². The SMILES string of the molecule is CCc1ccccc1OC(C)C(=O)NCCC(C)C. The van der Waals surface area contributed by atoms with Crippen molar-refractivity contribution in [3.8, 4) is 5.75 Å². The van der Waals surface area contributed by atoms with Gasteiger partial charge in [0, 0.05) is 6.54 Å². The summed E-state index contributed by atoms with van der Waals surface area (Å²) in [5, 5.41) is 2.91. The van der Waals surface area contributed by atoms with Crippen molar-refractivity contribution in [3.63, 3.8) is 0 Å². The maximum atomic E-state index is 11.9. The van der Waals surface area contributed by atoms with E-state index in [9.17, 15) is 4.79 Å². The molecule has 1 aromatic carbocycles. The number of carbonyl (C=O) groups excluding carboxylic acids is 1. The van der Waals surface area contributed by atoms with E-state index in [1.165, 1.54) is 0 Å². The lowest BCUT2D eigenvalue weighted by Gasteiger charge is -2.17. The Morgan fingerprint density at radius 2 is 1.95 bits per heavy atom. The molecule has 0 aliphatic carbocycles. The molecule has 0 saturated carbocycles. The molecule has 3 nitrogen and oxygen atoms in total. The Kier molecular flexibility index (Phi) is 6.40. The van der Waals surface area contributed by atoms with Crippen molar-refractivity contribution >= 4 is 5.91 Å². The maximum absolute atomic E-state index is 11.9. The lowest BCUT2D eigenvalue weighted by atomic mass is 10.1. The molecule has 1 atom stereocenters. The number of amides is 1. The molecule has 1 amide bonds. The number of nitrogens with one attached hydrogen (secondary N) is 1. The monoisotopic (exact) mass is 263 g/mol. The Labute approximate surface area is 116 Å². The summed E-state index contributed by atoms with van der Waals surface area (Å²) in [7, 11) is 0. The fourth-order valence-electron chi connectivity index (χ4n) is 1.78. The van der Waals surface area contributed by atoms with Gasteiger partial charge in [-0.3, -0.25) is 4.79 Å².